The quantitative estimate of drug-likeness (QED) is 0.718. The second-order valence-corrected chi connectivity index (χ2v) is 5.49. The Bertz CT molecular complexity index is 469. The van der Waals surface area contributed by atoms with Crippen LogP contribution >= 0.6 is 23.4 Å². The van der Waals surface area contributed by atoms with Gasteiger partial charge in [-0.15, -0.1) is 11.8 Å². The Morgan fingerprint density at radius 1 is 1.45 bits per heavy atom. The molecule has 0 radical (unpaired) electrons. The molecule has 2 N–H and O–H groups in total. The van der Waals surface area contributed by atoms with Crippen LogP contribution in [-0.4, -0.2) is 42.5 Å². The monoisotopic (exact) mass is 317 g/mol. The summed E-state index contributed by atoms with van der Waals surface area (Å²) in [5.41, 5.74) is 0. The number of nitrogens with one attached hydrogen (secondary N) is 1. The number of carbonyl (C=O) groups is 2. The fourth-order valence-corrected chi connectivity index (χ4v) is 2.61. The molecule has 1 aromatic rings. The Morgan fingerprint density at radius 3 is 2.75 bits per heavy atom. The average molecular weight is 318 g/mol. The van der Waals surface area contributed by atoms with Gasteiger partial charge in [0.25, 0.3) is 0 Å². The summed E-state index contributed by atoms with van der Waals surface area (Å²) < 4.78 is 4.74. The van der Waals surface area contributed by atoms with Gasteiger partial charge in [0.15, 0.2) is 6.04 Å². The molecule has 0 aliphatic rings. The number of halogens is 1. The van der Waals surface area contributed by atoms with Crippen LogP contribution < -0.4 is 5.32 Å². The second-order valence-electron chi connectivity index (χ2n) is 3.94. The van der Waals surface area contributed by atoms with E-state index in [4.69, 9.17) is 21.4 Å². The molecule has 1 unspecified atom stereocenters. The normalized spacial score (nSPS) is 11.9. The van der Waals surface area contributed by atoms with Crippen molar-refractivity contribution in [1.82, 2.24) is 5.32 Å². The fraction of sp³-hybridized carbons (Fsp3) is 0.385. The van der Waals surface area contributed by atoms with Gasteiger partial charge >= 0.3 is 5.97 Å². The third-order valence-corrected chi connectivity index (χ3v) is 3.91. The van der Waals surface area contributed by atoms with Crippen LogP contribution in [0.2, 0.25) is 5.02 Å². The van der Waals surface area contributed by atoms with E-state index in [1.165, 1.54) is 18.9 Å². The van der Waals surface area contributed by atoms with Gasteiger partial charge in [0, 0.05) is 24.2 Å². The van der Waals surface area contributed by atoms with E-state index in [1.54, 1.807) is 6.07 Å². The van der Waals surface area contributed by atoms with Crippen molar-refractivity contribution in [3.05, 3.63) is 29.3 Å². The predicted molar refractivity (Wildman–Crippen MR) is 78.2 cm³/mol. The van der Waals surface area contributed by atoms with Gasteiger partial charge in [0.1, 0.15) is 0 Å². The summed E-state index contributed by atoms with van der Waals surface area (Å²) in [6, 6.07) is 6.34. The van der Waals surface area contributed by atoms with Gasteiger partial charge in [-0.05, 0) is 12.1 Å². The van der Waals surface area contributed by atoms with Crippen molar-refractivity contribution in [3.8, 4) is 0 Å². The average Bonchev–Trinajstić information content (AvgIpc) is 2.40. The predicted octanol–water partition coefficient (Wildman–Crippen LogP) is 2.04. The van der Waals surface area contributed by atoms with Crippen molar-refractivity contribution < 1.29 is 19.4 Å². The van der Waals surface area contributed by atoms with Crippen LogP contribution in [0.1, 0.15) is 6.42 Å². The van der Waals surface area contributed by atoms with Crippen LogP contribution in [0.5, 0.6) is 0 Å². The Labute approximate surface area is 126 Å². The highest BCUT2D eigenvalue weighted by atomic mass is 35.5. The molecule has 110 valence electrons. The van der Waals surface area contributed by atoms with Gasteiger partial charge < -0.3 is 15.2 Å². The van der Waals surface area contributed by atoms with E-state index in [-0.39, 0.29) is 18.9 Å². The summed E-state index contributed by atoms with van der Waals surface area (Å²) in [5, 5.41) is 11.9. The molecular weight excluding hydrogens is 302 g/mol. The number of ether oxygens (including phenoxy) is 1. The highest BCUT2D eigenvalue weighted by Gasteiger charge is 2.19. The van der Waals surface area contributed by atoms with Crippen LogP contribution in [0.25, 0.3) is 0 Å². The van der Waals surface area contributed by atoms with Crippen LogP contribution in [0.15, 0.2) is 29.2 Å². The van der Waals surface area contributed by atoms with Gasteiger partial charge in [-0.1, -0.05) is 23.7 Å². The minimum atomic E-state index is -1.11. The Balaban J connectivity index is 2.36. The number of carboxylic acids is 1. The lowest BCUT2D eigenvalue weighted by Crippen LogP contribution is -2.43. The number of hydrogen-bond acceptors (Lipinski definition) is 4. The number of hydrogen-bond donors (Lipinski definition) is 2. The van der Waals surface area contributed by atoms with E-state index in [9.17, 15) is 9.59 Å². The zero-order valence-electron chi connectivity index (χ0n) is 11.0. The molecule has 0 heterocycles. The maximum Gasteiger partial charge on any atom is 0.328 e. The SMILES string of the molecule is COCC(NC(=O)CCSc1ccccc1Cl)C(=O)O. The lowest BCUT2D eigenvalue weighted by Gasteiger charge is -2.13. The molecule has 0 fully saturated rings. The second kappa shape index (κ2) is 8.84. The van der Waals surface area contributed by atoms with Gasteiger partial charge in [-0.2, -0.15) is 0 Å². The number of benzene rings is 1. The Kier molecular flexibility index (Phi) is 7.43. The first-order valence-electron chi connectivity index (χ1n) is 5.93. The number of thioether (sulfide) groups is 1. The lowest BCUT2D eigenvalue weighted by atomic mass is 10.3. The summed E-state index contributed by atoms with van der Waals surface area (Å²) >= 11 is 7.44. The number of aliphatic carboxylic acids is 1. The molecule has 20 heavy (non-hydrogen) atoms. The zero-order valence-corrected chi connectivity index (χ0v) is 12.5. The van der Waals surface area contributed by atoms with E-state index >= 15 is 0 Å². The molecule has 7 heteroatoms. The molecule has 0 saturated heterocycles. The maximum absolute atomic E-state index is 11.6. The smallest absolute Gasteiger partial charge is 0.328 e. The number of methoxy groups -OCH3 is 1. The van der Waals surface area contributed by atoms with Crippen molar-refractivity contribution >= 4 is 35.2 Å². The first-order valence-corrected chi connectivity index (χ1v) is 7.29. The molecule has 0 spiro atoms. The van der Waals surface area contributed by atoms with Gasteiger partial charge in [0.2, 0.25) is 5.91 Å². The van der Waals surface area contributed by atoms with E-state index in [0.717, 1.165) is 4.90 Å². The van der Waals surface area contributed by atoms with Crippen LogP contribution in [0, 0.1) is 0 Å². The minimum Gasteiger partial charge on any atom is -0.480 e. The molecule has 0 aliphatic heterocycles. The standard InChI is InChI=1S/C13H16ClNO4S/c1-19-8-10(13(17)18)15-12(16)6-7-20-11-5-3-2-4-9(11)14/h2-5,10H,6-8H2,1H3,(H,15,16)(H,17,18). The van der Waals surface area contributed by atoms with Crippen LogP contribution in [0.3, 0.4) is 0 Å². The molecule has 1 amide bonds. The maximum atomic E-state index is 11.6. The highest BCUT2D eigenvalue weighted by Crippen LogP contribution is 2.26. The molecule has 1 rings (SSSR count). The topological polar surface area (TPSA) is 75.6 Å². The van der Waals surface area contributed by atoms with E-state index in [1.807, 2.05) is 18.2 Å². The van der Waals surface area contributed by atoms with E-state index < -0.39 is 12.0 Å². The molecule has 1 atom stereocenters. The van der Waals surface area contributed by atoms with E-state index in [0.29, 0.717) is 10.8 Å². The first-order chi connectivity index (χ1) is 9.54. The van der Waals surface area contributed by atoms with Gasteiger partial charge in [-0.25, -0.2) is 4.79 Å². The van der Waals surface area contributed by atoms with Crippen LogP contribution in [-0.2, 0) is 14.3 Å². The minimum absolute atomic E-state index is 0.0568. The summed E-state index contributed by atoms with van der Waals surface area (Å²) in [7, 11) is 1.38. The first kappa shape index (κ1) is 16.8. The summed E-state index contributed by atoms with van der Waals surface area (Å²) in [6.45, 7) is -0.0568. The summed E-state index contributed by atoms with van der Waals surface area (Å²) in [4.78, 5) is 23.4. The number of carbonyl (C=O) groups excluding carboxylic acids is 1. The molecule has 0 bridgehead atoms. The van der Waals surface area contributed by atoms with Crippen molar-refractivity contribution in [2.24, 2.45) is 0 Å². The highest BCUT2D eigenvalue weighted by molar-refractivity contribution is 7.99. The molecule has 0 aromatic heterocycles. The zero-order chi connectivity index (χ0) is 15.0. The molecule has 1 aromatic carbocycles. The lowest BCUT2D eigenvalue weighted by molar-refractivity contribution is -0.143. The van der Waals surface area contributed by atoms with Crippen LogP contribution in [0.4, 0.5) is 0 Å². The molecule has 0 aliphatic carbocycles. The number of carboxylic acid groups (broad SMARTS) is 1. The third kappa shape index (κ3) is 5.81. The molecule has 0 saturated carbocycles. The Hall–Kier alpha value is -1.24. The number of amides is 1. The van der Waals surface area contributed by atoms with Crippen molar-refractivity contribution in [1.29, 1.82) is 0 Å². The fourth-order valence-electron chi connectivity index (χ4n) is 1.42. The Morgan fingerprint density at radius 2 is 2.15 bits per heavy atom. The summed E-state index contributed by atoms with van der Waals surface area (Å²) in [5.74, 6) is -0.914. The largest absolute Gasteiger partial charge is 0.480 e. The van der Waals surface area contributed by atoms with Crippen molar-refractivity contribution in [2.75, 3.05) is 19.5 Å². The molecular formula is C13H16ClNO4S. The third-order valence-electron chi connectivity index (χ3n) is 2.39. The van der Waals surface area contributed by atoms with Crippen molar-refractivity contribution in [3.63, 3.8) is 0 Å². The van der Waals surface area contributed by atoms with E-state index in [2.05, 4.69) is 5.32 Å². The van der Waals surface area contributed by atoms with Crippen molar-refractivity contribution in [2.45, 2.75) is 17.4 Å². The number of rotatable bonds is 8. The molecule has 5 nitrogen and oxygen atoms in total. The van der Waals surface area contributed by atoms with Gasteiger partial charge in [-0.3, -0.25) is 4.79 Å². The summed E-state index contributed by atoms with van der Waals surface area (Å²) in [6.07, 6.45) is 0.212. The van der Waals surface area contributed by atoms with Gasteiger partial charge in [0.05, 0.1) is 11.6 Å².